The fraction of sp³-hybridized carbons (Fsp3) is 0.538. The van der Waals surface area contributed by atoms with Gasteiger partial charge in [0.05, 0.1) is 5.02 Å². The van der Waals surface area contributed by atoms with E-state index in [1.165, 1.54) is 24.6 Å². The van der Waals surface area contributed by atoms with Crippen molar-refractivity contribution in [3.8, 4) is 0 Å². The van der Waals surface area contributed by atoms with Crippen molar-refractivity contribution in [2.45, 2.75) is 30.2 Å². The number of sulfonamides is 1. The maximum absolute atomic E-state index is 12.3. The third-order valence-corrected chi connectivity index (χ3v) is 5.58. The number of nitrogens with zero attached hydrogens (tertiary/aromatic N) is 1. The van der Waals surface area contributed by atoms with E-state index in [9.17, 15) is 8.42 Å². The number of likely N-dealkylation sites (N-methyl/N-ethyl adjacent to an activating group) is 1. The molecule has 7 heteroatoms. The average Bonchev–Trinajstić information content (AvgIpc) is 2.37. The molecule has 1 aromatic carbocycles. The Morgan fingerprint density at radius 3 is 2.85 bits per heavy atom. The summed E-state index contributed by atoms with van der Waals surface area (Å²) in [6.45, 7) is 1.41. The summed E-state index contributed by atoms with van der Waals surface area (Å²) in [5.41, 5.74) is 6.02. The second-order valence-electron chi connectivity index (χ2n) is 5.17. The summed E-state index contributed by atoms with van der Waals surface area (Å²) in [6, 6.07) is 4.66. The molecule has 0 bridgehead atoms. The number of nitrogens with one attached hydrogen (secondary N) is 1. The number of likely N-dealkylation sites (tertiary alicyclic amines) is 1. The highest BCUT2D eigenvalue weighted by Gasteiger charge is 2.23. The first-order valence-corrected chi connectivity index (χ1v) is 8.51. The fourth-order valence-corrected chi connectivity index (χ4v) is 4.04. The molecular weight excluding hydrogens is 298 g/mol. The zero-order chi connectivity index (χ0) is 14.8. The maximum atomic E-state index is 12.3. The lowest BCUT2D eigenvalue weighted by molar-refractivity contribution is 0.187. The topological polar surface area (TPSA) is 75.4 Å². The third-order valence-electron chi connectivity index (χ3n) is 3.68. The zero-order valence-corrected chi connectivity index (χ0v) is 13.0. The summed E-state index contributed by atoms with van der Waals surface area (Å²) in [6.07, 6.45) is 3.32. The Bertz CT molecular complexity index is 577. The molecule has 1 fully saturated rings. The van der Waals surface area contributed by atoms with E-state index >= 15 is 0 Å². The smallest absolute Gasteiger partial charge is 0.242 e. The van der Waals surface area contributed by atoms with Crippen molar-refractivity contribution in [2.24, 2.45) is 0 Å². The van der Waals surface area contributed by atoms with Crippen LogP contribution in [0, 0.1) is 0 Å². The van der Waals surface area contributed by atoms with Gasteiger partial charge < -0.3 is 10.6 Å². The van der Waals surface area contributed by atoms with Crippen LogP contribution in [-0.2, 0) is 10.0 Å². The van der Waals surface area contributed by atoms with Crippen LogP contribution in [-0.4, -0.2) is 39.5 Å². The van der Waals surface area contributed by atoms with Gasteiger partial charge in [-0.1, -0.05) is 18.0 Å². The Morgan fingerprint density at radius 2 is 2.20 bits per heavy atom. The van der Waals surface area contributed by atoms with Crippen molar-refractivity contribution < 1.29 is 8.42 Å². The lowest BCUT2D eigenvalue weighted by Crippen LogP contribution is -2.44. The highest BCUT2D eigenvalue weighted by atomic mass is 35.5. The number of piperidine rings is 1. The molecule has 0 aromatic heterocycles. The normalized spacial score (nSPS) is 21.0. The van der Waals surface area contributed by atoms with Gasteiger partial charge in [0.1, 0.15) is 4.90 Å². The van der Waals surface area contributed by atoms with Crippen LogP contribution in [0.4, 0.5) is 5.69 Å². The number of hydrogen-bond acceptors (Lipinski definition) is 4. The number of benzene rings is 1. The molecule has 2 rings (SSSR count). The Labute approximate surface area is 125 Å². The zero-order valence-electron chi connectivity index (χ0n) is 11.5. The summed E-state index contributed by atoms with van der Waals surface area (Å²) in [5.74, 6) is 0. The molecule has 20 heavy (non-hydrogen) atoms. The number of nitrogen functional groups attached to an aromatic ring is 1. The largest absolute Gasteiger partial charge is 0.399 e. The Kier molecular flexibility index (Phi) is 4.90. The quantitative estimate of drug-likeness (QED) is 0.829. The van der Waals surface area contributed by atoms with E-state index in [2.05, 4.69) is 9.62 Å². The van der Waals surface area contributed by atoms with Gasteiger partial charge in [0.2, 0.25) is 10.0 Å². The first-order valence-electron chi connectivity index (χ1n) is 6.65. The third kappa shape index (κ3) is 3.63. The van der Waals surface area contributed by atoms with Crippen LogP contribution in [0.1, 0.15) is 19.3 Å². The van der Waals surface area contributed by atoms with Gasteiger partial charge in [0.25, 0.3) is 0 Å². The van der Waals surface area contributed by atoms with Gasteiger partial charge in [-0.15, -0.1) is 0 Å². The molecule has 1 heterocycles. The summed E-state index contributed by atoms with van der Waals surface area (Å²) < 4.78 is 27.2. The monoisotopic (exact) mass is 317 g/mol. The van der Waals surface area contributed by atoms with Gasteiger partial charge in [-0.25, -0.2) is 13.1 Å². The fourth-order valence-electron chi connectivity index (χ4n) is 2.42. The minimum Gasteiger partial charge on any atom is -0.399 e. The number of halogens is 1. The minimum atomic E-state index is -3.59. The first-order chi connectivity index (χ1) is 9.40. The molecule has 0 amide bonds. The van der Waals surface area contributed by atoms with Crippen LogP contribution in [0.3, 0.4) is 0 Å². The molecule has 112 valence electrons. The van der Waals surface area contributed by atoms with Gasteiger partial charge in [-0.3, -0.25) is 0 Å². The first kappa shape index (κ1) is 15.6. The predicted octanol–water partition coefficient (Wildman–Crippen LogP) is 1.68. The van der Waals surface area contributed by atoms with E-state index in [-0.39, 0.29) is 16.0 Å². The van der Waals surface area contributed by atoms with Gasteiger partial charge in [-0.05, 0) is 44.6 Å². The van der Waals surface area contributed by atoms with Crippen molar-refractivity contribution in [1.29, 1.82) is 0 Å². The van der Waals surface area contributed by atoms with Gasteiger partial charge >= 0.3 is 0 Å². The maximum Gasteiger partial charge on any atom is 0.242 e. The lowest BCUT2D eigenvalue weighted by Gasteiger charge is -2.32. The summed E-state index contributed by atoms with van der Waals surface area (Å²) in [4.78, 5) is 2.27. The Hall–Kier alpha value is -0.820. The van der Waals surface area contributed by atoms with Crippen LogP contribution in [0.5, 0.6) is 0 Å². The molecule has 0 aliphatic carbocycles. The van der Waals surface area contributed by atoms with Gasteiger partial charge in [0, 0.05) is 18.3 Å². The molecule has 5 nitrogen and oxygen atoms in total. The van der Waals surface area contributed by atoms with Crippen LogP contribution in [0.15, 0.2) is 23.1 Å². The number of hydrogen-bond donors (Lipinski definition) is 2. The van der Waals surface area contributed by atoms with E-state index in [1.807, 2.05) is 7.05 Å². The van der Waals surface area contributed by atoms with Crippen LogP contribution >= 0.6 is 11.6 Å². The SMILES string of the molecule is CN1CCCCC1CNS(=O)(=O)c1ccc(N)cc1Cl. The lowest BCUT2D eigenvalue weighted by atomic mass is 10.0. The Morgan fingerprint density at radius 1 is 1.45 bits per heavy atom. The van der Waals surface area contributed by atoms with Crippen molar-refractivity contribution in [3.05, 3.63) is 23.2 Å². The molecule has 1 saturated heterocycles. The molecule has 1 aliphatic rings. The van der Waals surface area contributed by atoms with Crippen LogP contribution < -0.4 is 10.5 Å². The molecule has 1 aliphatic heterocycles. The summed E-state index contributed by atoms with van der Waals surface area (Å²) in [5, 5.41) is 0.148. The molecular formula is C13H20ClN3O2S. The van der Waals surface area contributed by atoms with Crippen molar-refractivity contribution in [2.75, 3.05) is 25.9 Å². The van der Waals surface area contributed by atoms with E-state index in [0.29, 0.717) is 12.2 Å². The minimum absolute atomic E-state index is 0.0758. The second kappa shape index (κ2) is 6.30. The number of anilines is 1. The standard InChI is InChI=1S/C13H20ClN3O2S/c1-17-7-3-2-4-11(17)9-16-20(18,19)13-6-5-10(15)8-12(13)14/h5-6,8,11,16H,2-4,7,9,15H2,1H3. The highest BCUT2D eigenvalue weighted by Crippen LogP contribution is 2.24. The molecule has 1 unspecified atom stereocenters. The summed E-state index contributed by atoms with van der Waals surface area (Å²) >= 11 is 5.95. The molecule has 1 aromatic rings. The molecule has 3 N–H and O–H groups in total. The van der Waals surface area contributed by atoms with Crippen molar-refractivity contribution >= 4 is 27.3 Å². The average molecular weight is 318 g/mol. The van der Waals surface area contributed by atoms with Crippen LogP contribution in [0.25, 0.3) is 0 Å². The van der Waals surface area contributed by atoms with Crippen molar-refractivity contribution in [3.63, 3.8) is 0 Å². The molecule has 0 saturated carbocycles. The van der Waals surface area contributed by atoms with Gasteiger partial charge in [-0.2, -0.15) is 0 Å². The predicted molar refractivity (Wildman–Crippen MR) is 81.3 cm³/mol. The summed E-state index contributed by atoms with van der Waals surface area (Å²) in [7, 11) is -1.57. The number of nitrogens with two attached hydrogens (primary N) is 1. The van der Waals surface area contributed by atoms with E-state index < -0.39 is 10.0 Å². The second-order valence-corrected chi connectivity index (χ2v) is 7.31. The van der Waals surface area contributed by atoms with E-state index in [4.69, 9.17) is 17.3 Å². The van der Waals surface area contributed by atoms with Gasteiger partial charge in [0.15, 0.2) is 0 Å². The molecule has 0 spiro atoms. The Balaban J connectivity index is 2.07. The molecule has 0 radical (unpaired) electrons. The molecule has 1 atom stereocenters. The van der Waals surface area contributed by atoms with Crippen LogP contribution in [0.2, 0.25) is 5.02 Å². The highest BCUT2D eigenvalue weighted by molar-refractivity contribution is 7.89. The van der Waals surface area contributed by atoms with Crippen molar-refractivity contribution in [1.82, 2.24) is 9.62 Å². The van der Waals surface area contributed by atoms with E-state index in [0.717, 1.165) is 19.4 Å². The number of rotatable bonds is 4. The van der Waals surface area contributed by atoms with E-state index in [1.54, 1.807) is 0 Å².